The Bertz CT molecular complexity index is 1740. The van der Waals surface area contributed by atoms with E-state index in [1.807, 2.05) is 47.8 Å². The molecule has 0 aliphatic carbocycles. The second-order valence-electron chi connectivity index (χ2n) is 9.28. The number of methoxy groups -OCH3 is 2. The lowest BCUT2D eigenvalue weighted by atomic mass is 10.1. The Morgan fingerprint density at radius 1 is 0.864 bits per heavy atom. The Labute approximate surface area is 258 Å². The highest BCUT2D eigenvalue weighted by Crippen LogP contribution is 2.28. The lowest BCUT2D eigenvalue weighted by Crippen LogP contribution is -2.20. The summed E-state index contributed by atoms with van der Waals surface area (Å²) in [6.07, 6.45) is 1.49. The Hall–Kier alpha value is -5.68. The van der Waals surface area contributed by atoms with E-state index in [9.17, 15) is 9.59 Å². The molecule has 0 fully saturated rings. The van der Waals surface area contributed by atoms with Gasteiger partial charge in [-0.3, -0.25) is 9.59 Å². The third-order valence-electron chi connectivity index (χ3n) is 6.27. The number of aromatic nitrogens is 1. The SMILES string of the molecule is COc1ccc(NC(=O)COc2ccc(/C=N/NC(=O)c3ccc(-c4csc(Nc5ccccc5)n4)cc3)cc2OC)cc1. The molecule has 0 bridgehead atoms. The van der Waals surface area contributed by atoms with Crippen molar-refractivity contribution in [3.8, 4) is 28.5 Å². The molecular weight excluding hydrogens is 578 g/mol. The van der Waals surface area contributed by atoms with Crippen LogP contribution in [0.2, 0.25) is 0 Å². The average molecular weight is 608 g/mol. The van der Waals surface area contributed by atoms with Crippen LogP contribution >= 0.6 is 11.3 Å². The molecule has 44 heavy (non-hydrogen) atoms. The normalized spacial score (nSPS) is 10.7. The summed E-state index contributed by atoms with van der Waals surface area (Å²) in [5.74, 6) is 0.821. The van der Waals surface area contributed by atoms with Crippen LogP contribution in [0.25, 0.3) is 11.3 Å². The summed E-state index contributed by atoms with van der Waals surface area (Å²) >= 11 is 1.51. The first-order valence-electron chi connectivity index (χ1n) is 13.5. The van der Waals surface area contributed by atoms with Crippen LogP contribution in [0.15, 0.2) is 108 Å². The van der Waals surface area contributed by atoms with E-state index in [1.54, 1.807) is 61.7 Å². The van der Waals surface area contributed by atoms with Crippen LogP contribution in [0.1, 0.15) is 15.9 Å². The largest absolute Gasteiger partial charge is 0.497 e. The first-order valence-corrected chi connectivity index (χ1v) is 14.3. The first-order chi connectivity index (χ1) is 21.5. The summed E-state index contributed by atoms with van der Waals surface area (Å²) in [5.41, 5.74) is 6.96. The Balaban J connectivity index is 1.12. The predicted octanol–water partition coefficient (Wildman–Crippen LogP) is 6.35. The van der Waals surface area contributed by atoms with Gasteiger partial charge < -0.3 is 24.8 Å². The highest BCUT2D eigenvalue weighted by Gasteiger charge is 2.11. The van der Waals surface area contributed by atoms with Crippen molar-refractivity contribution < 1.29 is 23.8 Å². The van der Waals surface area contributed by atoms with Gasteiger partial charge in [0, 0.05) is 27.9 Å². The number of anilines is 3. The number of nitrogens with zero attached hydrogens (tertiary/aromatic N) is 2. The van der Waals surface area contributed by atoms with Gasteiger partial charge in [-0.25, -0.2) is 10.4 Å². The topological polar surface area (TPSA) is 123 Å². The molecule has 3 N–H and O–H groups in total. The van der Waals surface area contributed by atoms with Gasteiger partial charge in [0.2, 0.25) is 0 Å². The molecule has 2 amide bonds. The van der Waals surface area contributed by atoms with Crippen molar-refractivity contribution in [3.05, 3.63) is 114 Å². The average Bonchev–Trinajstić information content (AvgIpc) is 3.53. The second kappa shape index (κ2) is 14.5. The van der Waals surface area contributed by atoms with E-state index in [2.05, 4.69) is 26.1 Å². The lowest BCUT2D eigenvalue weighted by molar-refractivity contribution is -0.118. The van der Waals surface area contributed by atoms with Gasteiger partial charge in [-0.05, 0) is 72.3 Å². The standard InChI is InChI=1S/C33H29N5O5S/c1-41-27-15-13-26(14-16-27)35-31(39)20-43-29-17-8-22(18-30(29)42-2)19-34-38-32(40)24-11-9-23(10-12-24)28-21-44-33(37-28)36-25-6-4-3-5-7-25/h3-19,21H,20H2,1-2H3,(H,35,39)(H,36,37)(H,38,40)/b34-19+. The maximum atomic E-state index is 12.6. The van der Waals surface area contributed by atoms with Crippen molar-refractivity contribution in [2.24, 2.45) is 5.10 Å². The third kappa shape index (κ3) is 7.99. The molecule has 1 aromatic heterocycles. The Morgan fingerprint density at radius 3 is 2.36 bits per heavy atom. The molecule has 10 nitrogen and oxygen atoms in total. The molecule has 0 radical (unpaired) electrons. The zero-order valence-corrected chi connectivity index (χ0v) is 24.8. The minimum absolute atomic E-state index is 0.209. The van der Waals surface area contributed by atoms with Crippen LogP contribution in [0.5, 0.6) is 17.2 Å². The van der Waals surface area contributed by atoms with E-state index in [1.165, 1.54) is 24.7 Å². The van der Waals surface area contributed by atoms with Gasteiger partial charge in [0.25, 0.3) is 11.8 Å². The van der Waals surface area contributed by atoms with Crippen molar-refractivity contribution in [2.75, 3.05) is 31.5 Å². The fraction of sp³-hybridized carbons (Fsp3) is 0.0909. The number of thiazole rings is 1. The van der Waals surface area contributed by atoms with Gasteiger partial charge in [-0.1, -0.05) is 30.3 Å². The van der Waals surface area contributed by atoms with Gasteiger partial charge in [0.1, 0.15) is 5.75 Å². The summed E-state index contributed by atoms with van der Waals surface area (Å²) in [7, 11) is 3.07. The minimum atomic E-state index is -0.354. The van der Waals surface area contributed by atoms with E-state index in [0.29, 0.717) is 34.1 Å². The van der Waals surface area contributed by atoms with Crippen LogP contribution in [0.3, 0.4) is 0 Å². The summed E-state index contributed by atoms with van der Waals surface area (Å²) in [6, 6.07) is 29.1. The number of amides is 2. The highest BCUT2D eigenvalue weighted by atomic mass is 32.1. The van der Waals surface area contributed by atoms with Crippen LogP contribution in [-0.4, -0.2) is 43.8 Å². The monoisotopic (exact) mass is 607 g/mol. The number of ether oxygens (including phenoxy) is 3. The molecule has 0 saturated heterocycles. The number of hydrazone groups is 1. The van der Waals surface area contributed by atoms with Crippen LogP contribution < -0.4 is 30.3 Å². The van der Waals surface area contributed by atoms with E-state index < -0.39 is 0 Å². The predicted molar refractivity (Wildman–Crippen MR) is 172 cm³/mol. The second-order valence-corrected chi connectivity index (χ2v) is 10.1. The maximum Gasteiger partial charge on any atom is 0.271 e. The molecule has 0 unspecified atom stereocenters. The summed E-state index contributed by atoms with van der Waals surface area (Å²) < 4.78 is 16.2. The molecular formula is C33H29N5O5S. The van der Waals surface area contributed by atoms with E-state index in [-0.39, 0.29) is 18.4 Å². The molecule has 0 spiro atoms. The molecule has 5 aromatic rings. The number of hydrogen-bond acceptors (Lipinski definition) is 9. The van der Waals surface area contributed by atoms with Gasteiger partial charge in [0.05, 0.1) is 26.1 Å². The number of rotatable bonds is 12. The fourth-order valence-corrected chi connectivity index (χ4v) is 4.77. The number of nitrogens with one attached hydrogen (secondary N) is 3. The number of para-hydroxylation sites is 1. The minimum Gasteiger partial charge on any atom is -0.497 e. The van der Waals surface area contributed by atoms with Crippen LogP contribution in [0.4, 0.5) is 16.5 Å². The van der Waals surface area contributed by atoms with Crippen molar-refractivity contribution in [1.82, 2.24) is 10.4 Å². The Morgan fingerprint density at radius 2 is 1.64 bits per heavy atom. The van der Waals surface area contributed by atoms with Crippen molar-refractivity contribution in [2.45, 2.75) is 0 Å². The lowest BCUT2D eigenvalue weighted by Gasteiger charge is -2.11. The van der Waals surface area contributed by atoms with E-state index in [0.717, 1.165) is 22.1 Å². The van der Waals surface area contributed by atoms with Crippen molar-refractivity contribution in [3.63, 3.8) is 0 Å². The summed E-state index contributed by atoms with van der Waals surface area (Å²) in [4.78, 5) is 29.6. The van der Waals surface area contributed by atoms with E-state index in [4.69, 9.17) is 14.2 Å². The zero-order valence-electron chi connectivity index (χ0n) is 23.9. The quantitative estimate of drug-likeness (QED) is 0.112. The number of benzene rings is 4. The number of carbonyl (C=O) groups excluding carboxylic acids is 2. The number of carbonyl (C=O) groups is 2. The van der Waals surface area contributed by atoms with Crippen molar-refractivity contribution in [1.29, 1.82) is 0 Å². The van der Waals surface area contributed by atoms with Crippen LogP contribution in [0, 0.1) is 0 Å². The summed E-state index contributed by atoms with van der Waals surface area (Å²) in [6.45, 7) is -0.209. The highest BCUT2D eigenvalue weighted by molar-refractivity contribution is 7.14. The first kappa shape index (κ1) is 29.8. The van der Waals surface area contributed by atoms with Gasteiger partial charge in [0.15, 0.2) is 23.2 Å². The molecule has 1 heterocycles. The number of hydrogen-bond donors (Lipinski definition) is 3. The zero-order chi connectivity index (χ0) is 30.7. The summed E-state index contributed by atoms with van der Waals surface area (Å²) in [5, 5.41) is 12.9. The third-order valence-corrected chi connectivity index (χ3v) is 7.03. The Kier molecular flexibility index (Phi) is 9.80. The van der Waals surface area contributed by atoms with Crippen LogP contribution in [-0.2, 0) is 4.79 Å². The molecule has 0 aliphatic rings. The fourth-order valence-electron chi connectivity index (χ4n) is 4.03. The van der Waals surface area contributed by atoms with Crippen molar-refractivity contribution >= 4 is 45.9 Å². The van der Waals surface area contributed by atoms with Gasteiger partial charge in [-0.15, -0.1) is 11.3 Å². The van der Waals surface area contributed by atoms with Gasteiger partial charge in [-0.2, -0.15) is 5.10 Å². The molecule has 5 rings (SSSR count). The molecule has 0 saturated carbocycles. The molecule has 4 aromatic carbocycles. The maximum absolute atomic E-state index is 12.6. The molecule has 0 atom stereocenters. The molecule has 11 heteroatoms. The van der Waals surface area contributed by atoms with Gasteiger partial charge >= 0.3 is 0 Å². The van der Waals surface area contributed by atoms with E-state index >= 15 is 0 Å². The molecule has 222 valence electrons. The molecule has 0 aliphatic heterocycles. The smallest absolute Gasteiger partial charge is 0.271 e.